The van der Waals surface area contributed by atoms with E-state index in [0.717, 1.165) is 42.1 Å². The molecule has 104 valence electrons. The average Bonchev–Trinajstić information content (AvgIpc) is 3.01. The second kappa shape index (κ2) is 4.35. The maximum atomic E-state index is 12.9. The molecule has 2 saturated heterocycles. The molecule has 4 nitrogen and oxygen atoms in total. The second-order valence-corrected chi connectivity index (χ2v) is 5.97. The lowest BCUT2D eigenvalue weighted by Crippen LogP contribution is -2.48. The van der Waals surface area contributed by atoms with Gasteiger partial charge in [-0.15, -0.1) is 0 Å². The SMILES string of the molecule is O=C(c1cccc2[nH]ccc12)N1C2CCC1CC(O)C2. The highest BCUT2D eigenvalue weighted by Crippen LogP contribution is 2.37. The third-order valence-corrected chi connectivity index (χ3v) is 4.77. The van der Waals surface area contributed by atoms with Crippen LogP contribution in [0.4, 0.5) is 0 Å². The quantitative estimate of drug-likeness (QED) is 0.835. The molecule has 1 aromatic carbocycles. The molecule has 20 heavy (non-hydrogen) atoms. The molecular weight excluding hydrogens is 252 g/mol. The molecule has 2 atom stereocenters. The van der Waals surface area contributed by atoms with Crippen molar-refractivity contribution in [3.05, 3.63) is 36.0 Å². The van der Waals surface area contributed by atoms with Gasteiger partial charge in [0.2, 0.25) is 0 Å². The van der Waals surface area contributed by atoms with Crippen molar-refractivity contribution in [2.24, 2.45) is 0 Å². The Hall–Kier alpha value is -1.81. The lowest BCUT2D eigenvalue weighted by Gasteiger charge is -2.37. The standard InChI is InChI=1S/C16H18N2O2/c19-12-8-10-4-5-11(9-12)18(10)16(20)14-2-1-3-15-13(14)6-7-17-15/h1-3,6-7,10-12,17,19H,4-5,8-9H2. The Morgan fingerprint density at radius 3 is 2.70 bits per heavy atom. The van der Waals surface area contributed by atoms with E-state index in [1.807, 2.05) is 35.4 Å². The van der Waals surface area contributed by atoms with E-state index in [-0.39, 0.29) is 24.1 Å². The lowest BCUT2D eigenvalue weighted by atomic mass is 9.98. The van der Waals surface area contributed by atoms with Crippen molar-refractivity contribution in [3.63, 3.8) is 0 Å². The zero-order valence-electron chi connectivity index (χ0n) is 11.2. The number of nitrogens with zero attached hydrogens (tertiary/aromatic N) is 1. The van der Waals surface area contributed by atoms with Crippen LogP contribution in [-0.2, 0) is 0 Å². The molecule has 2 aliphatic heterocycles. The summed E-state index contributed by atoms with van der Waals surface area (Å²) >= 11 is 0. The maximum absolute atomic E-state index is 12.9. The molecule has 1 aromatic heterocycles. The monoisotopic (exact) mass is 270 g/mol. The Kier molecular flexibility index (Phi) is 2.60. The minimum absolute atomic E-state index is 0.120. The Morgan fingerprint density at radius 1 is 1.20 bits per heavy atom. The van der Waals surface area contributed by atoms with Gasteiger partial charge in [0.15, 0.2) is 0 Å². The molecule has 1 amide bonds. The van der Waals surface area contributed by atoms with E-state index in [0.29, 0.717) is 0 Å². The van der Waals surface area contributed by atoms with E-state index >= 15 is 0 Å². The van der Waals surface area contributed by atoms with Crippen LogP contribution in [0.1, 0.15) is 36.0 Å². The summed E-state index contributed by atoms with van der Waals surface area (Å²) in [6, 6.07) is 8.20. The molecule has 0 saturated carbocycles. The zero-order chi connectivity index (χ0) is 13.7. The summed E-state index contributed by atoms with van der Waals surface area (Å²) in [6.45, 7) is 0. The van der Waals surface area contributed by atoms with Crippen LogP contribution in [0.2, 0.25) is 0 Å². The Labute approximate surface area is 117 Å². The highest BCUT2D eigenvalue weighted by atomic mass is 16.3. The van der Waals surface area contributed by atoms with Gasteiger partial charge in [-0.2, -0.15) is 0 Å². The van der Waals surface area contributed by atoms with Gasteiger partial charge >= 0.3 is 0 Å². The summed E-state index contributed by atoms with van der Waals surface area (Å²) in [4.78, 5) is 18.1. The number of fused-ring (bicyclic) bond motifs is 3. The van der Waals surface area contributed by atoms with Gasteiger partial charge in [-0.25, -0.2) is 0 Å². The van der Waals surface area contributed by atoms with Gasteiger partial charge < -0.3 is 15.0 Å². The molecule has 3 heterocycles. The minimum atomic E-state index is -0.236. The number of aliphatic hydroxyl groups excluding tert-OH is 1. The predicted molar refractivity (Wildman–Crippen MR) is 76.5 cm³/mol. The molecule has 4 heteroatoms. The number of amides is 1. The number of piperidine rings is 1. The summed E-state index contributed by atoms with van der Waals surface area (Å²) in [7, 11) is 0. The van der Waals surface area contributed by atoms with Crippen LogP contribution in [0.5, 0.6) is 0 Å². The first-order chi connectivity index (χ1) is 9.74. The fourth-order valence-electron chi connectivity index (χ4n) is 3.89. The van der Waals surface area contributed by atoms with Crippen LogP contribution in [-0.4, -0.2) is 39.1 Å². The van der Waals surface area contributed by atoms with E-state index < -0.39 is 0 Å². The van der Waals surface area contributed by atoms with E-state index in [2.05, 4.69) is 4.98 Å². The molecule has 2 fully saturated rings. The second-order valence-electron chi connectivity index (χ2n) is 5.97. The topological polar surface area (TPSA) is 56.3 Å². The van der Waals surface area contributed by atoms with Crippen molar-refractivity contribution >= 4 is 16.8 Å². The predicted octanol–water partition coefficient (Wildman–Crippen LogP) is 2.30. The molecule has 2 aromatic rings. The van der Waals surface area contributed by atoms with Crippen molar-refractivity contribution < 1.29 is 9.90 Å². The van der Waals surface area contributed by atoms with Crippen molar-refractivity contribution in [3.8, 4) is 0 Å². The number of carbonyl (C=O) groups is 1. The summed E-state index contributed by atoms with van der Waals surface area (Å²) in [5.41, 5.74) is 1.78. The van der Waals surface area contributed by atoms with Gasteiger partial charge in [0.25, 0.3) is 5.91 Å². The Bertz CT molecular complexity index is 649. The molecular formula is C16H18N2O2. The number of hydrogen-bond acceptors (Lipinski definition) is 2. The number of aromatic amines is 1. The van der Waals surface area contributed by atoms with Gasteiger partial charge in [-0.3, -0.25) is 4.79 Å². The highest BCUT2D eigenvalue weighted by Gasteiger charge is 2.43. The molecule has 2 bridgehead atoms. The van der Waals surface area contributed by atoms with Crippen LogP contribution in [0, 0.1) is 0 Å². The number of carbonyl (C=O) groups excluding carboxylic acids is 1. The molecule has 2 N–H and O–H groups in total. The third-order valence-electron chi connectivity index (χ3n) is 4.77. The number of rotatable bonds is 1. The number of aromatic nitrogens is 1. The van der Waals surface area contributed by atoms with E-state index in [4.69, 9.17) is 0 Å². The van der Waals surface area contributed by atoms with E-state index in [9.17, 15) is 9.90 Å². The molecule has 2 aliphatic rings. The zero-order valence-corrected chi connectivity index (χ0v) is 11.2. The number of hydrogen-bond donors (Lipinski definition) is 2. The van der Waals surface area contributed by atoms with Crippen LogP contribution < -0.4 is 0 Å². The number of aliphatic hydroxyl groups is 1. The number of benzene rings is 1. The molecule has 0 aliphatic carbocycles. The van der Waals surface area contributed by atoms with E-state index in [1.165, 1.54) is 0 Å². The summed E-state index contributed by atoms with van der Waals surface area (Å²) in [5, 5.41) is 10.8. The van der Waals surface area contributed by atoms with Gasteiger partial charge in [0, 0.05) is 34.7 Å². The van der Waals surface area contributed by atoms with Crippen molar-refractivity contribution in [2.75, 3.05) is 0 Å². The van der Waals surface area contributed by atoms with Crippen LogP contribution in [0.3, 0.4) is 0 Å². The molecule has 0 radical (unpaired) electrons. The lowest BCUT2D eigenvalue weighted by molar-refractivity contribution is 0.0288. The van der Waals surface area contributed by atoms with Gasteiger partial charge in [-0.05, 0) is 43.9 Å². The third kappa shape index (κ3) is 1.68. The summed E-state index contributed by atoms with van der Waals surface area (Å²) < 4.78 is 0. The smallest absolute Gasteiger partial charge is 0.255 e. The fourth-order valence-corrected chi connectivity index (χ4v) is 3.89. The van der Waals surface area contributed by atoms with Gasteiger partial charge in [0.05, 0.1) is 6.10 Å². The van der Waals surface area contributed by atoms with Crippen LogP contribution >= 0.6 is 0 Å². The largest absolute Gasteiger partial charge is 0.393 e. The van der Waals surface area contributed by atoms with Crippen LogP contribution in [0.25, 0.3) is 10.9 Å². The average molecular weight is 270 g/mol. The fraction of sp³-hybridized carbons (Fsp3) is 0.438. The normalized spacial score (nSPS) is 29.1. The number of H-pyrrole nitrogens is 1. The first-order valence-corrected chi connectivity index (χ1v) is 7.31. The highest BCUT2D eigenvalue weighted by molar-refractivity contribution is 6.06. The van der Waals surface area contributed by atoms with E-state index in [1.54, 1.807) is 0 Å². The molecule has 2 unspecified atom stereocenters. The molecule has 4 rings (SSSR count). The van der Waals surface area contributed by atoms with Gasteiger partial charge in [-0.1, -0.05) is 6.07 Å². The van der Waals surface area contributed by atoms with Crippen molar-refractivity contribution in [2.45, 2.75) is 43.9 Å². The summed E-state index contributed by atoms with van der Waals surface area (Å²) in [5.74, 6) is 0.120. The van der Waals surface area contributed by atoms with Crippen molar-refractivity contribution in [1.82, 2.24) is 9.88 Å². The maximum Gasteiger partial charge on any atom is 0.255 e. The Morgan fingerprint density at radius 2 is 1.95 bits per heavy atom. The molecule has 0 spiro atoms. The first kappa shape index (κ1) is 12.0. The Balaban J connectivity index is 1.73. The number of nitrogens with one attached hydrogen (secondary N) is 1. The van der Waals surface area contributed by atoms with Crippen molar-refractivity contribution in [1.29, 1.82) is 0 Å². The van der Waals surface area contributed by atoms with Gasteiger partial charge in [0.1, 0.15) is 0 Å². The van der Waals surface area contributed by atoms with Crippen LogP contribution in [0.15, 0.2) is 30.5 Å². The summed E-state index contributed by atoms with van der Waals surface area (Å²) in [6.07, 6.45) is 5.14. The first-order valence-electron chi connectivity index (χ1n) is 7.31. The minimum Gasteiger partial charge on any atom is -0.393 e.